The Morgan fingerprint density at radius 1 is 1.56 bits per heavy atom. The largest absolute Gasteiger partial charge is 0.381 e. The first kappa shape index (κ1) is 11.5. The number of aromatic nitrogens is 2. The number of hydrogen-bond donors (Lipinski definition) is 1. The van der Waals surface area contributed by atoms with Gasteiger partial charge in [0.15, 0.2) is 5.82 Å². The molecule has 0 bridgehead atoms. The monoisotopic (exact) mass is 225 g/mol. The van der Waals surface area contributed by atoms with Crippen LogP contribution in [0.25, 0.3) is 0 Å². The Bertz CT molecular complexity index is 321. The zero-order valence-electron chi connectivity index (χ0n) is 9.90. The smallest absolute Gasteiger partial charge is 0.226 e. The molecule has 1 aliphatic rings. The standard InChI is InChI=1S/C11H19N3O2/c1-8(12-2)3-4-10-13-11(14-16-10)9-5-6-15-7-9/h8-9,12H,3-7H2,1-2H3. The lowest BCUT2D eigenvalue weighted by molar-refractivity contribution is 0.192. The molecule has 1 aromatic rings. The van der Waals surface area contributed by atoms with Crippen molar-refractivity contribution >= 4 is 0 Å². The van der Waals surface area contributed by atoms with E-state index in [0.717, 1.165) is 44.2 Å². The van der Waals surface area contributed by atoms with Gasteiger partial charge in [0.1, 0.15) is 0 Å². The Balaban J connectivity index is 1.86. The fourth-order valence-corrected chi connectivity index (χ4v) is 1.76. The van der Waals surface area contributed by atoms with Crippen molar-refractivity contribution in [1.82, 2.24) is 15.5 Å². The van der Waals surface area contributed by atoms with Crippen LogP contribution >= 0.6 is 0 Å². The maximum atomic E-state index is 5.30. The number of hydrogen-bond acceptors (Lipinski definition) is 5. The van der Waals surface area contributed by atoms with Crippen molar-refractivity contribution in [2.45, 2.75) is 38.1 Å². The molecular formula is C11H19N3O2. The van der Waals surface area contributed by atoms with Crippen molar-refractivity contribution in [2.24, 2.45) is 0 Å². The third-order valence-corrected chi connectivity index (χ3v) is 3.06. The molecule has 1 N–H and O–H groups in total. The Labute approximate surface area is 95.6 Å². The van der Waals surface area contributed by atoms with Gasteiger partial charge in [-0.1, -0.05) is 5.16 Å². The summed E-state index contributed by atoms with van der Waals surface area (Å²) in [6.45, 7) is 3.68. The van der Waals surface area contributed by atoms with Crippen molar-refractivity contribution in [1.29, 1.82) is 0 Å². The molecule has 90 valence electrons. The van der Waals surface area contributed by atoms with Crippen LogP contribution in [0.3, 0.4) is 0 Å². The summed E-state index contributed by atoms with van der Waals surface area (Å²) in [7, 11) is 1.96. The van der Waals surface area contributed by atoms with Crippen LogP contribution in [-0.2, 0) is 11.2 Å². The predicted octanol–water partition coefficient (Wildman–Crippen LogP) is 1.11. The van der Waals surface area contributed by atoms with Gasteiger partial charge in [0.05, 0.1) is 6.61 Å². The van der Waals surface area contributed by atoms with E-state index in [-0.39, 0.29) is 0 Å². The fraction of sp³-hybridized carbons (Fsp3) is 0.818. The second-order valence-electron chi connectivity index (χ2n) is 4.34. The molecule has 1 saturated heterocycles. The van der Waals surface area contributed by atoms with E-state index in [9.17, 15) is 0 Å². The van der Waals surface area contributed by atoms with Gasteiger partial charge < -0.3 is 14.6 Å². The zero-order chi connectivity index (χ0) is 11.4. The SMILES string of the molecule is CNC(C)CCc1nc(C2CCOC2)no1. The van der Waals surface area contributed by atoms with Crippen molar-refractivity contribution in [3.63, 3.8) is 0 Å². The highest BCUT2D eigenvalue weighted by atomic mass is 16.5. The van der Waals surface area contributed by atoms with Crippen molar-refractivity contribution in [3.8, 4) is 0 Å². The van der Waals surface area contributed by atoms with Gasteiger partial charge in [-0.05, 0) is 26.8 Å². The van der Waals surface area contributed by atoms with Gasteiger partial charge in [0, 0.05) is 25.0 Å². The highest BCUT2D eigenvalue weighted by Gasteiger charge is 2.22. The maximum Gasteiger partial charge on any atom is 0.226 e. The van der Waals surface area contributed by atoms with Gasteiger partial charge in [-0.2, -0.15) is 4.98 Å². The van der Waals surface area contributed by atoms with Crippen LogP contribution in [-0.4, -0.2) is 36.4 Å². The molecule has 0 spiro atoms. The van der Waals surface area contributed by atoms with Crippen molar-refractivity contribution in [2.75, 3.05) is 20.3 Å². The average molecular weight is 225 g/mol. The minimum atomic E-state index is 0.333. The molecule has 5 nitrogen and oxygen atoms in total. The van der Waals surface area contributed by atoms with Crippen LogP contribution < -0.4 is 5.32 Å². The van der Waals surface area contributed by atoms with Gasteiger partial charge in [-0.25, -0.2) is 0 Å². The van der Waals surface area contributed by atoms with E-state index < -0.39 is 0 Å². The number of nitrogens with zero attached hydrogens (tertiary/aromatic N) is 2. The van der Waals surface area contributed by atoms with Gasteiger partial charge in [0.25, 0.3) is 0 Å². The Hall–Kier alpha value is -0.940. The summed E-state index contributed by atoms with van der Waals surface area (Å²) in [5, 5.41) is 7.20. The van der Waals surface area contributed by atoms with Crippen LogP contribution in [0.1, 0.15) is 37.4 Å². The van der Waals surface area contributed by atoms with Crippen molar-refractivity contribution < 1.29 is 9.26 Å². The summed E-state index contributed by atoms with van der Waals surface area (Å²) in [5.74, 6) is 1.88. The highest BCUT2D eigenvalue weighted by molar-refractivity contribution is 4.97. The lowest BCUT2D eigenvalue weighted by Crippen LogP contribution is -2.21. The zero-order valence-corrected chi connectivity index (χ0v) is 9.90. The fourth-order valence-electron chi connectivity index (χ4n) is 1.76. The molecule has 0 saturated carbocycles. The average Bonchev–Trinajstić information content (AvgIpc) is 2.95. The van der Waals surface area contributed by atoms with Gasteiger partial charge in [-0.3, -0.25) is 0 Å². The molecule has 0 aromatic carbocycles. The molecule has 0 amide bonds. The molecule has 1 fully saturated rings. The topological polar surface area (TPSA) is 60.2 Å². The molecule has 5 heteroatoms. The molecule has 2 unspecified atom stereocenters. The minimum absolute atomic E-state index is 0.333. The summed E-state index contributed by atoms with van der Waals surface area (Å²) >= 11 is 0. The van der Waals surface area contributed by atoms with Gasteiger partial charge in [-0.15, -0.1) is 0 Å². The lowest BCUT2D eigenvalue weighted by atomic mass is 10.1. The first-order valence-electron chi connectivity index (χ1n) is 5.87. The second kappa shape index (κ2) is 5.41. The van der Waals surface area contributed by atoms with E-state index in [4.69, 9.17) is 9.26 Å². The summed E-state index contributed by atoms with van der Waals surface area (Å²) in [6.07, 6.45) is 2.85. The maximum absolute atomic E-state index is 5.30. The van der Waals surface area contributed by atoms with Crippen LogP contribution in [0.2, 0.25) is 0 Å². The quantitative estimate of drug-likeness (QED) is 0.813. The van der Waals surface area contributed by atoms with E-state index in [0.29, 0.717) is 12.0 Å². The van der Waals surface area contributed by atoms with Gasteiger partial charge in [0.2, 0.25) is 5.89 Å². The number of nitrogens with one attached hydrogen (secondary N) is 1. The van der Waals surface area contributed by atoms with Gasteiger partial charge >= 0.3 is 0 Å². The summed E-state index contributed by atoms with van der Waals surface area (Å²) in [5.41, 5.74) is 0. The number of rotatable bonds is 5. The third-order valence-electron chi connectivity index (χ3n) is 3.06. The molecule has 2 atom stereocenters. The minimum Gasteiger partial charge on any atom is -0.381 e. The molecular weight excluding hydrogens is 206 g/mol. The molecule has 16 heavy (non-hydrogen) atoms. The summed E-state index contributed by atoms with van der Waals surface area (Å²) in [6, 6.07) is 0.477. The van der Waals surface area contributed by atoms with Crippen LogP contribution in [0, 0.1) is 0 Å². The van der Waals surface area contributed by atoms with E-state index >= 15 is 0 Å². The second-order valence-corrected chi connectivity index (χ2v) is 4.34. The first-order valence-corrected chi connectivity index (χ1v) is 5.87. The molecule has 2 rings (SSSR count). The number of ether oxygens (including phenoxy) is 1. The normalized spacial score (nSPS) is 22.5. The van der Waals surface area contributed by atoms with Crippen molar-refractivity contribution in [3.05, 3.63) is 11.7 Å². The molecule has 0 radical (unpaired) electrons. The summed E-state index contributed by atoms with van der Waals surface area (Å²) in [4.78, 5) is 4.41. The highest BCUT2D eigenvalue weighted by Crippen LogP contribution is 2.22. The van der Waals surface area contributed by atoms with E-state index in [1.165, 1.54) is 0 Å². The molecule has 1 aromatic heterocycles. The molecule has 2 heterocycles. The Kier molecular flexibility index (Phi) is 3.90. The van der Waals surface area contributed by atoms with Crippen LogP contribution in [0.5, 0.6) is 0 Å². The summed E-state index contributed by atoms with van der Waals surface area (Å²) < 4.78 is 10.5. The van der Waals surface area contributed by atoms with E-state index in [1.807, 2.05) is 7.05 Å². The molecule has 0 aliphatic carbocycles. The van der Waals surface area contributed by atoms with E-state index in [1.54, 1.807) is 0 Å². The first-order chi connectivity index (χ1) is 7.79. The lowest BCUT2D eigenvalue weighted by Gasteiger charge is -2.06. The predicted molar refractivity (Wildman–Crippen MR) is 59.3 cm³/mol. The Morgan fingerprint density at radius 3 is 3.12 bits per heavy atom. The number of aryl methyl sites for hydroxylation is 1. The molecule has 1 aliphatic heterocycles. The third kappa shape index (κ3) is 2.80. The van der Waals surface area contributed by atoms with Crippen LogP contribution in [0.15, 0.2) is 4.52 Å². The van der Waals surface area contributed by atoms with Crippen LogP contribution in [0.4, 0.5) is 0 Å². The van der Waals surface area contributed by atoms with E-state index in [2.05, 4.69) is 22.4 Å². The Morgan fingerprint density at radius 2 is 2.44 bits per heavy atom.